The van der Waals surface area contributed by atoms with Gasteiger partial charge in [-0.25, -0.2) is 0 Å². The number of rotatable bonds is 8. The largest absolute Gasteiger partial charge is 0.396 e. The van der Waals surface area contributed by atoms with Gasteiger partial charge in [0.15, 0.2) is 8.68 Å². The molecule has 3 nitrogen and oxygen atoms in total. The van der Waals surface area contributed by atoms with Gasteiger partial charge in [-0.2, -0.15) is 0 Å². The molecule has 1 N–H and O–H groups in total. The van der Waals surface area contributed by atoms with E-state index in [1.807, 2.05) is 6.26 Å². The van der Waals surface area contributed by atoms with Crippen LogP contribution in [0.4, 0.5) is 0 Å². The zero-order valence-corrected chi connectivity index (χ0v) is 11.3. The molecule has 1 aromatic rings. The van der Waals surface area contributed by atoms with Gasteiger partial charge in [0, 0.05) is 12.4 Å². The van der Waals surface area contributed by atoms with Gasteiger partial charge in [0.25, 0.3) is 0 Å². The Morgan fingerprint density at radius 2 is 1.87 bits per heavy atom. The Labute approximate surface area is 103 Å². The molecule has 86 valence electrons. The van der Waals surface area contributed by atoms with Gasteiger partial charge in [-0.05, 0) is 19.1 Å². The third kappa shape index (κ3) is 5.75. The van der Waals surface area contributed by atoms with E-state index in [1.165, 1.54) is 12.8 Å². The molecule has 1 heterocycles. The molecule has 15 heavy (non-hydrogen) atoms. The van der Waals surface area contributed by atoms with Gasteiger partial charge < -0.3 is 5.11 Å². The molecular weight excluding hydrogens is 248 g/mol. The molecule has 6 heteroatoms. The molecule has 0 amide bonds. The van der Waals surface area contributed by atoms with E-state index in [0.29, 0.717) is 6.61 Å². The topological polar surface area (TPSA) is 46.0 Å². The smallest absolute Gasteiger partial charge is 0.175 e. The molecule has 0 saturated carbocycles. The van der Waals surface area contributed by atoms with Crippen LogP contribution in [0.1, 0.15) is 25.7 Å². The lowest BCUT2D eigenvalue weighted by molar-refractivity contribution is 0.283. The van der Waals surface area contributed by atoms with E-state index in [9.17, 15) is 0 Å². The summed E-state index contributed by atoms with van der Waals surface area (Å²) in [4.78, 5) is 0. The van der Waals surface area contributed by atoms with E-state index >= 15 is 0 Å². The first-order valence-electron chi connectivity index (χ1n) is 4.98. The lowest BCUT2D eigenvalue weighted by Crippen LogP contribution is -1.85. The number of aromatic nitrogens is 2. The SMILES string of the molecule is CSc1nnc(SCCCCCCO)s1. The van der Waals surface area contributed by atoms with Gasteiger partial charge in [0.05, 0.1) is 0 Å². The van der Waals surface area contributed by atoms with E-state index in [4.69, 9.17) is 5.11 Å². The van der Waals surface area contributed by atoms with Crippen LogP contribution in [0, 0.1) is 0 Å². The lowest BCUT2D eigenvalue weighted by Gasteiger charge is -1.97. The molecule has 0 radical (unpaired) electrons. The number of thioether (sulfide) groups is 2. The minimum absolute atomic E-state index is 0.320. The molecule has 0 spiro atoms. The number of aliphatic hydroxyl groups is 1. The molecule has 0 aliphatic carbocycles. The van der Waals surface area contributed by atoms with E-state index in [-0.39, 0.29) is 0 Å². The summed E-state index contributed by atoms with van der Waals surface area (Å²) < 4.78 is 2.11. The Hall–Kier alpha value is 0.220. The fourth-order valence-electron chi connectivity index (χ4n) is 1.06. The quantitative estimate of drug-likeness (QED) is 0.578. The van der Waals surface area contributed by atoms with Crippen molar-refractivity contribution in [3.05, 3.63) is 0 Å². The zero-order valence-electron chi connectivity index (χ0n) is 8.81. The van der Waals surface area contributed by atoms with E-state index < -0.39 is 0 Å². The van der Waals surface area contributed by atoms with Gasteiger partial charge >= 0.3 is 0 Å². The van der Waals surface area contributed by atoms with Crippen LogP contribution in [0.2, 0.25) is 0 Å². The summed E-state index contributed by atoms with van der Waals surface area (Å²) in [7, 11) is 0. The highest BCUT2D eigenvalue weighted by Gasteiger charge is 2.02. The van der Waals surface area contributed by atoms with Crippen LogP contribution in [0.25, 0.3) is 0 Å². The first-order chi connectivity index (χ1) is 7.36. The van der Waals surface area contributed by atoms with Crippen molar-refractivity contribution in [2.24, 2.45) is 0 Å². The van der Waals surface area contributed by atoms with Gasteiger partial charge in [-0.1, -0.05) is 47.7 Å². The first-order valence-corrected chi connectivity index (χ1v) is 8.00. The highest BCUT2D eigenvalue weighted by atomic mass is 32.2. The number of hydrogen-bond acceptors (Lipinski definition) is 6. The van der Waals surface area contributed by atoms with Gasteiger partial charge in [-0.3, -0.25) is 0 Å². The van der Waals surface area contributed by atoms with Crippen LogP contribution in [-0.2, 0) is 0 Å². The van der Waals surface area contributed by atoms with E-state index in [0.717, 1.165) is 27.3 Å². The van der Waals surface area contributed by atoms with Crippen molar-refractivity contribution >= 4 is 34.9 Å². The number of hydrogen-bond donors (Lipinski definition) is 1. The van der Waals surface area contributed by atoms with E-state index in [1.54, 1.807) is 34.9 Å². The lowest BCUT2D eigenvalue weighted by atomic mass is 10.2. The van der Waals surface area contributed by atoms with Crippen LogP contribution in [-0.4, -0.2) is 33.9 Å². The minimum Gasteiger partial charge on any atom is -0.396 e. The van der Waals surface area contributed by atoms with Crippen LogP contribution in [0.3, 0.4) is 0 Å². The number of nitrogens with zero attached hydrogens (tertiary/aromatic N) is 2. The Morgan fingerprint density at radius 3 is 2.53 bits per heavy atom. The third-order valence-electron chi connectivity index (χ3n) is 1.84. The second-order valence-electron chi connectivity index (χ2n) is 3.02. The molecule has 1 aromatic heterocycles. The summed E-state index contributed by atoms with van der Waals surface area (Å²) in [5.41, 5.74) is 0. The molecule has 0 unspecified atom stereocenters. The van der Waals surface area contributed by atoms with Crippen LogP contribution < -0.4 is 0 Å². The minimum atomic E-state index is 0.320. The predicted octanol–water partition coefficient (Wildman–Crippen LogP) is 2.90. The summed E-state index contributed by atoms with van der Waals surface area (Å²) in [5, 5.41) is 16.7. The Bertz CT molecular complexity index is 268. The number of unbranched alkanes of at least 4 members (excludes halogenated alkanes) is 3. The molecule has 0 fully saturated rings. The van der Waals surface area contributed by atoms with Crippen LogP contribution in [0.15, 0.2) is 8.68 Å². The summed E-state index contributed by atoms with van der Waals surface area (Å²) >= 11 is 5.09. The standard InChI is InChI=1S/C9H16N2OS3/c1-13-8-10-11-9(15-8)14-7-5-3-2-4-6-12/h12H,2-7H2,1H3. The second kappa shape index (κ2) is 8.38. The zero-order chi connectivity index (χ0) is 10.9. The van der Waals surface area contributed by atoms with Crippen molar-refractivity contribution in [1.29, 1.82) is 0 Å². The van der Waals surface area contributed by atoms with Crippen LogP contribution in [0.5, 0.6) is 0 Å². The molecule has 0 aliphatic rings. The highest BCUT2D eigenvalue weighted by Crippen LogP contribution is 2.27. The summed E-state index contributed by atoms with van der Waals surface area (Å²) in [6, 6.07) is 0. The van der Waals surface area contributed by atoms with Gasteiger partial charge in [0.2, 0.25) is 0 Å². The summed E-state index contributed by atoms with van der Waals surface area (Å²) in [5.74, 6) is 1.11. The molecule has 1 rings (SSSR count). The van der Waals surface area contributed by atoms with Gasteiger partial charge in [-0.15, -0.1) is 10.2 Å². The first kappa shape index (κ1) is 13.3. The fraction of sp³-hybridized carbons (Fsp3) is 0.778. The normalized spacial score (nSPS) is 10.8. The average Bonchev–Trinajstić information content (AvgIpc) is 2.71. The van der Waals surface area contributed by atoms with Crippen molar-refractivity contribution in [2.45, 2.75) is 34.4 Å². The molecule has 0 bridgehead atoms. The maximum atomic E-state index is 8.61. The monoisotopic (exact) mass is 264 g/mol. The van der Waals surface area contributed by atoms with Crippen molar-refractivity contribution in [3.63, 3.8) is 0 Å². The molecule has 0 atom stereocenters. The Kier molecular flexibility index (Phi) is 7.42. The maximum absolute atomic E-state index is 8.61. The molecule has 0 aromatic carbocycles. The molecule has 0 saturated heterocycles. The van der Waals surface area contributed by atoms with E-state index in [2.05, 4.69) is 10.2 Å². The average molecular weight is 264 g/mol. The predicted molar refractivity (Wildman–Crippen MR) is 68.0 cm³/mol. The Morgan fingerprint density at radius 1 is 1.13 bits per heavy atom. The third-order valence-corrected chi connectivity index (χ3v) is 4.96. The van der Waals surface area contributed by atoms with Gasteiger partial charge in [0.1, 0.15) is 0 Å². The summed E-state index contributed by atoms with van der Waals surface area (Å²) in [6.45, 7) is 0.320. The molecule has 0 aliphatic heterocycles. The fourth-order valence-corrected chi connectivity index (χ4v) is 3.57. The highest BCUT2D eigenvalue weighted by molar-refractivity contribution is 8.02. The maximum Gasteiger partial charge on any atom is 0.175 e. The Balaban J connectivity index is 2.04. The van der Waals surface area contributed by atoms with Crippen LogP contribution >= 0.6 is 34.9 Å². The molecular formula is C9H16N2OS3. The van der Waals surface area contributed by atoms with Crippen molar-refractivity contribution in [3.8, 4) is 0 Å². The van der Waals surface area contributed by atoms with Crippen molar-refractivity contribution in [2.75, 3.05) is 18.6 Å². The van der Waals surface area contributed by atoms with Crippen molar-refractivity contribution < 1.29 is 5.11 Å². The number of aliphatic hydroxyl groups excluding tert-OH is 1. The summed E-state index contributed by atoms with van der Waals surface area (Å²) in [6.07, 6.45) is 6.47. The second-order valence-corrected chi connectivity index (χ2v) is 6.40. The van der Waals surface area contributed by atoms with Crippen molar-refractivity contribution in [1.82, 2.24) is 10.2 Å².